The molecule has 0 aliphatic carbocycles. The number of aromatic nitrogens is 2. The summed E-state index contributed by atoms with van der Waals surface area (Å²) in [5.74, 6) is 2.10. The van der Waals surface area contributed by atoms with Crippen LogP contribution >= 0.6 is 0 Å². The summed E-state index contributed by atoms with van der Waals surface area (Å²) in [7, 11) is 0. The molecular formula is C18H25N5O2. The molecule has 0 spiro atoms. The molecule has 0 bridgehead atoms. The van der Waals surface area contributed by atoms with Gasteiger partial charge in [0.25, 0.3) is 5.91 Å². The van der Waals surface area contributed by atoms with Gasteiger partial charge in [-0.15, -0.1) is 0 Å². The summed E-state index contributed by atoms with van der Waals surface area (Å²) in [4.78, 5) is 14.2. The van der Waals surface area contributed by atoms with E-state index in [0.717, 1.165) is 57.1 Å². The number of carbonyl (C=O) groups excluding carboxylic acids is 1. The Morgan fingerprint density at radius 2 is 2.28 bits per heavy atom. The van der Waals surface area contributed by atoms with Gasteiger partial charge in [0.2, 0.25) is 0 Å². The zero-order valence-electron chi connectivity index (χ0n) is 14.6. The monoisotopic (exact) mass is 343 g/mol. The van der Waals surface area contributed by atoms with Crippen LogP contribution in [0.5, 0.6) is 0 Å². The van der Waals surface area contributed by atoms with E-state index < -0.39 is 0 Å². The second-order valence-corrected chi connectivity index (χ2v) is 7.05. The van der Waals surface area contributed by atoms with Crippen molar-refractivity contribution < 1.29 is 9.21 Å². The largest absolute Gasteiger partial charge is 0.459 e. The Balaban J connectivity index is 1.22. The lowest BCUT2D eigenvalue weighted by Crippen LogP contribution is -2.47. The molecule has 2 aromatic heterocycles. The van der Waals surface area contributed by atoms with E-state index in [0.29, 0.717) is 17.7 Å². The van der Waals surface area contributed by atoms with Crippen LogP contribution in [0.3, 0.4) is 0 Å². The van der Waals surface area contributed by atoms with Crippen molar-refractivity contribution >= 4 is 11.7 Å². The van der Waals surface area contributed by atoms with E-state index in [1.165, 1.54) is 0 Å². The van der Waals surface area contributed by atoms with Gasteiger partial charge in [-0.25, -0.2) is 4.68 Å². The third kappa shape index (κ3) is 3.56. The molecule has 4 rings (SSSR count). The molecule has 0 aromatic carbocycles. The van der Waals surface area contributed by atoms with Gasteiger partial charge in [0.15, 0.2) is 5.76 Å². The second-order valence-electron chi connectivity index (χ2n) is 7.05. The summed E-state index contributed by atoms with van der Waals surface area (Å²) in [6.45, 7) is 6.50. The van der Waals surface area contributed by atoms with Gasteiger partial charge in [0.05, 0.1) is 12.0 Å². The van der Waals surface area contributed by atoms with E-state index in [2.05, 4.69) is 26.5 Å². The van der Waals surface area contributed by atoms with E-state index >= 15 is 0 Å². The van der Waals surface area contributed by atoms with Crippen LogP contribution in [-0.2, 0) is 6.54 Å². The van der Waals surface area contributed by atoms with Crippen molar-refractivity contribution in [2.75, 3.05) is 31.5 Å². The molecule has 0 saturated carbocycles. The van der Waals surface area contributed by atoms with Crippen LogP contribution in [0.15, 0.2) is 28.9 Å². The minimum Gasteiger partial charge on any atom is -0.459 e. The molecule has 2 aromatic rings. The number of carbonyl (C=O) groups is 1. The SMILES string of the molecule is Cc1cc2n(n1)C[C@@H](CNC1CCN(C(=O)c3ccco3)CC1)CN2. The molecule has 1 saturated heterocycles. The number of amides is 1. The standard InChI is InChI=1S/C18H25N5O2/c1-13-9-17-20-11-14(12-23(17)21-13)10-19-15-4-6-22(7-5-15)18(24)16-3-2-8-25-16/h2-3,8-9,14-15,19-20H,4-7,10-12H2,1H3/t14-/m0/s1. The van der Waals surface area contributed by atoms with E-state index in [1.807, 2.05) is 11.8 Å². The molecule has 0 unspecified atom stereocenters. The summed E-state index contributed by atoms with van der Waals surface area (Å²) in [6, 6.07) is 6.05. The maximum absolute atomic E-state index is 12.3. The number of hydrogen-bond donors (Lipinski definition) is 2. The van der Waals surface area contributed by atoms with Gasteiger partial charge in [-0.2, -0.15) is 5.10 Å². The third-order valence-corrected chi connectivity index (χ3v) is 5.11. The minimum absolute atomic E-state index is 0.00140. The lowest BCUT2D eigenvalue weighted by atomic mass is 10.0. The molecule has 134 valence electrons. The molecule has 4 heterocycles. The van der Waals surface area contributed by atoms with E-state index in [4.69, 9.17) is 4.42 Å². The lowest BCUT2D eigenvalue weighted by Gasteiger charge is -2.33. The Labute approximate surface area is 147 Å². The molecule has 1 amide bonds. The Kier molecular flexibility index (Phi) is 4.48. The van der Waals surface area contributed by atoms with Crippen molar-refractivity contribution in [2.24, 2.45) is 5.92 Å². The highest BCUT2D eigenvalue weighted by Gasteiger charge is 2.26. The normalized spacial score (nSPS) is 21.0. The second kappa shape index (κ2) is 6.92. The highest BCUT2D eigenvalue weighted by molar-refractivity contribution is 5.91. The van der Waals surface area contributed by atoms with E-state index in [1.54, 1.807) is 18.4 Å². The predicted octanol–water partition coefficient (Wildman–Crippen LogP) is 1.72. The Hall–Kier alpha value is -2.28. The Bertz CT molecular complexity index is 716. The molecular weight excluding hydrogens is 318 g/mol. The Morgan fingerprint density at radius 1 is 1.44 bits per heavy atom. The molecule has 1 atom stereocenters. The quantitative estimate of drug-likeness (QED) is 0.884. The van der Waals surface area contributed by atoms with Gasteiger partial charge in [0.1, 0.15) is 5.82 Å². The summed E-state index contributed by atoms with van der Waals surface area (Å²) < 4.78 is 7.28. The van der Waals surface area contributed by atoms with E-state index in [9.17, 15) is 4.79 Å². The fraction of sp³-hybridized carbons (Fsp3) is 0.556. The minimum atomic E-state index is 0.00140. The average Bonchev–Trinajstić information content (AvgIpc) is 3.28. The number of nitrogens with one attached hydrogen (secondary N) is 2. The van der Waals surface area contributed by atoms with Gasteiger partial charge in [-0.3, -0.25) is 4.79 Å². The highest BCUT2D eigenvalue weighted by Crippen LogP contribution is 2.19. The van der Waals surface area contributed by atoms with Gasteiger partial charge in [-0.1, -0.05) is 0 Å². The summed E-state index contributed by atoms with van der Waals surface area (Å²) in [6.07, 6.45) is 3.52. The summed E-state index contributed by atoms with van der Waals surface area (Å²) in [5.41, 5.74) is 1.06. The van der Waals surface area contributed by atoms with E-state index in [-0.39, 0.29) is 5.91 Å². The van der Waals surface area contributed by atoms with Gasteiger partial charge in [-0.05, 0) is 31.9 Å². The van der Waals surface area contributed by atoms with Crippen molar-refractivity contribution in [1.82, 2.24) is 20.0 Å². The average molecular weight is 343 g/mol. The number of aryl methyl sites for hydroxylation is 1. The molecule has 7 heteroatoms. The number of rotatable bonds is 4. The fourth-order valence-electron chi connectivity index (χ4n) is 3.70. The van der Waals surface area contributed by atoms with Gasteiger partial charge >= 0.3 is 0 Å². The number of piperidine rings is 1. The molecule has 7 nitrogen and oxygen atoms in total. The molecule has 2 aliphatic heterocycles. The number of fused-ring (bicyclic) bond motifs is 1. The van der Waals surface area contributed by atoms with Crippen molar-refractivity contribution in [3.63, 3.8) is 0 Å². The topological polar surface area (TPSA) is 75.3 Å². The number of anilines is 1. The first-order valence-corrected chi connectivity index (χ1v) is 9.03. The van der Waals surface area contributed by atoms with Crippen LogP contribution in [0.25, 0.3) is 0 Å². The van der Waals surface area contributed by atoms with Crippen molar-refractivity contribution in [3.05, 3.63) is 35.9 Å². The zero-order valence-corrected chi connectivity index (χ0v) is 14.6. The molecule has 25 heavy (non-hydrogen) atoms. The van der Waals surface area contributed by atoms with Crippen LogP contribution in [-0.4, -0.2) is 52.8 Å². The molecule has 0 radical (unpaired) electrons. The van der Waals surface area contributed by atoms with Crippen molar-refractivity contribution in [1.29, 1.82) is 0 Å². The van der Waals surface area contributed by atoms with Gasteiger partial charge < -0.3 is 20.0 Å². The molecule has 2 N–H and O–H groups in total. The maximum atomic E-state index is 12.3. The molecule has 2 aliphatic rings. The lowest BCUT2D eigenvalue weighted by molar-refractivity contribution is 0.0671. The summed E-state index contributed by atoms with van der Waals surface area (Å²) >= 11 is 0. The number of likely N-dealkylation sites (tertiary alicyclic amines) is 1. The van der Waals surface area contributed by atoms with Crippen LogP contribution in [0.2, 0.25) is 0 Å². The molecule has 1 fully saturated rings. The van der Waals surface area contributed by atoms with Crippen LogP contribution in [0.4, 0.5) is 5.82 Å². The summed E-state index contributed by atoms with van der Waals surface area (Å²) in [5, 5.41) is 11.7. The first kappa shape index (κ1) is 16.2. The van der Waals surface area contributed by atoms with Crippen molar-refractivity contribution in [2.45, 2.75) is 32.4 Å². The zero-order chi connectivity index (χ0) is 17.2. The first-order chi connectivity index (χ1) is 12.2. The fourth-order valence-corrected chi connectivity index (χ4v) is 3.70. The smallest absolute Gasteiger partial charge is 0.289 e. The van der Waals surface area contributed by atoms with Crippen molar-refractivity contribution in [3.8, 4) is 0 Å². The van der Waals surface area contributed by atoms with Crippen LogP contribution < -0.4 is 10.6 Å². The highest BCUT2D eigenvalue weighted by atomic mass is 16.3. The third-order valence-electron chi connectivity index (χ3n) is 5.11. The van der Waals surface area contributed by atoms with Crippen LogP contribution in [0, 0.1) is 12.8 Å². The van der Waals surface area contributed by atoms with Crippen LogP contribution in [0.1, 0.15) is 29.1 Å². The maximum Gasteiger partial charge on any atom is 0.289 e. The number of furan rings is 1. The number of hydrogen-bond acceptors (Lipinski definition) is 5. The predicted molar refractivity (Wildman–Crippen MR) is 94.6 cm³/mol. The van der Waals surface area contributed by atoms with Gasteiger partial charge in [0, 0.05) is 50.7 Å². The first-order valence-electron chi connectivity index (χ1n) is 9.03. The number of nitrogens with zero attached hydrogens (tertiary/aromatic N) is 3. The Morgan fingerprint density at radius 3 is 3.04 bits per heavy atom.